The second-order valence-corrected chi connectivity index (χ2v) is 5.44. The predicted molar refractivity (Wildman–Crippen MR) is 81.2 cm³/mol. The Morgan fingerprint density at radius 2 is 2.18 bits per heavy atom. The zero-order valence-electron chi connectivity index (χ0n) is 12.8. The first-order valence-electron chi connectivity index (χ1n) is 7.77. The van der Waals surface area contributed by atoms with Gasteiger partial charge in [0.1, 0.15) is 12.7 Å². The third-order valence-corrected chi connectivity index (χ3v) is 3.89. The van der Waals surface area contributed by atoms with Crippen LogP contribution < -0.4 is 14.8 Å². The summed E-state index contributed by atoms with van der Waals surface area (Å²) >= 11 is 0. The molecule has 0 aliphatic carbocycles. The summed E-state index contributed by atoms with van der Waals surface area (Å²) in [7, 11) is 0. The highest BCUT2D eigenvalue weighted by Crippen LogP contribution is 2.31. The lowest BCUT2D eigenvalue weighted by Crippen LogP contribution is -2.52. The third kappa shape index (κ3) is 3.34. The van der Waals surface area contributed by atoms with Crippen molar-refractivity contribution in [2.24, 2.45) is 0 Å². The zero-order valence-corrected chi connectivity index (χ0v) is 12.8. The quantitative estimate of drug-likeness (QED) is 0.886. The zero-order chi connectivity index (χ0) is 15.4. The summed E-state index contributed by atoms with van der Waals surface area (Å²) < 4.78 is 17.2. The standard InChI is InChI=1S/C16H22N2O4/c1-2-18(16(19)15-9-17-7-8-20-15)10-12-11-21-13-5-3-4-6-14(13)22-12/h3-6,12,15,17H,2,7-11H2,1H3. The first kappa shape index (κ1) is 15.1. The van der Waals surface area contributed by atoms with Crippen molar-refractivity contribution in [1.82, 2.24) is 10.2 Å². The lowest BCUT2D eigenvalue weighted by atomic mass is 10.2. The fourth-order valence-electron chi connectivity index (χ4n) is 2.70. The monoisotopic (exact) mass is 306 g/mol. The van der Waals surface area contributed by atoms with E-state index in [2.05, 4.69) is 5.32 Å². The second kappa shape index (κ2) is 6.98. The number of carbonyl (C=O) groups is 1. The number of ether oxygens (including phenoxy) is 3. The molecule has 1 aromatic carbocycles. The maximum Gasteiger partial charge on any atom is 0.253 e. The minimum Gasteiger partial charge on any atom is -0.486 e. The van der Waals surface area contributed by atoms with Gasteiger partial charge in [-0.15, -0.1) is 0 Å². The smallest absolute Gasteiger partial charge is 0.253 e. The van der Waals surface area contributed by atoms with E-state index < -0.39 is 6.10 Å². The van der Waals surface area contributed by atoms with E-state index in [1.54, 1.807) is 4.90 Å². The molecule has 1 fully saturated rings. The SMILES string of the molecule is CCN(CC1COc2ccccc2O1)C(=O)C1CNCCO1. The van der Waals surface area contributed by atoms with Crippen molar-refractivity contribution in [3.63, 3.8) is 0 Å². The molecule has 1 saturated heterocycles. The van der Waals surface area contributed by atoms with Gasteiger partial charge < -0.3 is 24.4 Å². The summed E-state index contributed by atoms with van der Waals surface area (Å²) in [5.74, 6) is 1.50. The number of carbonyl (C=O) groups excluding carboxylic acids is 1. The van der Waals surface area contributed by atoms with E-state index in [0.29, 0.717) is 32.8 Å². The molecule has 2 atom stereocenters. The average molecular weight is 306 g/mol. The Morgan fingerprint density at radius 3 is 2.91 bits per heavy atom. The molecular formula is C16H22N2O4. The number of amides is 1. The van der Waals surface area contributed by atoms with Gasteiger partial charge in [0.25, 0.3) is 5.91 Å². The van der Waals surface area contributed by atoms with Gasteiger partial charge in [-0.25, -0.2) is 0 Å². The Morgan fingerprint density at radius 1 is 1.36 bits per heavy atom. The highest BCUT2D eigenvalue weighted by molar-refractivity contribution is 5.81. The first-order chi connectivity index (χ1) is 10.8. The van der Waals surface area contributed by atoms with Crippen LogP contribution in [0.3, 0.4) is 0 Å². The van der Waals surface area contributed by atoms with E-state index in [4.69, 9.17) is 14.2 Å². The van der Waals surface area contributed by atoms with Gasteiger partial charge in [-0.3, -0.25) is 4.79 Å². The molecule has 2 aliphatic heterocycles. The summed E-state index contributed by atoms with van der Waals surface area (Å²) in [6.07, 6.45) is -0.555. The number of para-hydroxylation sites is 2. The number of fused-ring (bicyclic) bond motifs is 1. The van der Waals surface area contributed by atoms with Crippen LogP contribution in [0, 0.1) is 0 Å². The minimum atomic E-state index is -0.398. The normalized spacial score (nSPS) is 23.9. The molecule has 6 heteroatoms. The molecule has 120 valence electrons. The molecule has 1 aromatic rings. The number of hydrogen-bond donors (Lipinski definition) is 1. The summed E-state index contributed by atoms with van der Waals surface area (Å²) in [6.45, 7) is 5.48. The van der Waals surface area contributed by atoms with Crippen molar-refractivity contribution < 1.29 is 19.0 Å². The molecule has 22 heavy (non-hydrogen) atoms. The highest BCUT2D eigenvalue weighted by Gasteiger charge is 2.30. The second-order valence-electron chi connectivity index (χ2n) is 5.44. The highest BCUT2D eigenvalue weighted by atomic mass is 16.6. The lowest BCUT2D eigenvalue weighted by molar-refractivity contribution is -0.146. The number of morpholine rings is 1. The fourth-order valence-corrected chi connectivity index (χ4v) is 2.70. The molecule has 2 heterocycles. The van der Waals surface area contributed by atoms with Gasteiger partial charge in [0, 0.05) is 19.6 Å². The molecule has 3 rings (SSSR count). The minimum absolute atomic E-state index is 0.0113. The number of benzene rings is 1. The number of nitrogens with one attached hydrogen (secondary N) is 1. The van der Waals surface area contributed by atoms with E-state index >= 15 is 0 Å². The molecule has 1 N–H and O–H groups in total. The molecule has 2 unspecified atom stereocenters. The van der Waals surface area contributed by atoms with Crippen LogP contribution in [0.25, 0.3) is 0 Å². The molecule has 0 spiro atoms. The maximum atomic E-state index is 12.5. The molecular weight excluding hydrogens is 284 g/mol. The predicted octanol–water partition coefficient (Wildman–Crippen LogP) is 0.663. The Hall–Kier alpha value is -1.79. The third-order valence-electron chi connectivity index (χ3n) is 3.89. The van der Waals surface area contributed by atoms with Crippen molar-refractivity contribution in [1.29, 1.82) is 0 Å². The van der Waals surface area contributed by atoms with Gasteiger partial charge in [0.05, 0.1) is 13.2 Å². The van der Waals surface area contributed by atoms with Gasteiger partial charge >= 0.3 is 0 Å². The number of rotatable bonds is 4. The number of hydrogen-bond acceptors (Lipinski definition) is 5. The van der Waals surface area contributed by atoms with Crippen molar-refractivity contribution in [3.05, 3.63) is 24.3 Å². The summed E-state index contributed by atoms with van der Waals surface area (Å²) in [6, 6.07) is 7.59. The lowest BCUT2D eigenvalue weighted by Gasteiger charge is -2.33. The topological polar surface area (TPSA) is 60.0 Å². The van der Waals surface area contributed by atoms with Gasteiger partial charge in [0.15, 0.2) is 17.6 Å². The Labute approximate surface area is 130 Å². The molecule has 6 nitrogen and oxygen atoms in total. The van der Waals surface area contributed by atoms with Crippen LogP contribution in [0.5, 0.6) is 11.5 Å². The van der Waals surface area contributed by atoms with Gasteiger partial charge in [0.2, 0.25) is 0 Å². The Kier molecular flexibility index (Phi) is 4.80. The first-order valence-corrected chi connectivity index (χ1v) is 7.77. The van der Waals surface area contributed by atoms with Crippen LogP contribution in [0.1, 0.15) is 6.92 Å². The molecule has 1 amide bonds. The van der Waals surface area contributed by atoms with Crippen LogP contribution in [0.4, 0.5) is 0 Å². The molecule has 0 aromatic heterocycles. The summed E-state index contributed by atoms with van der Waals surface area (Å²) in [5.41, 5.74) is 0. The Balaban J connectivity index is 1.60. The van der Waals surface area contributed by atoms with Crippen LogP contribution in [0.2, 0.25) is 0 Å². The van der Waals surface area contributed by atoms with E-state index in [9.17, 15) is 4.79 Å². The molecule has 0 saturated carbocycles. The molecule has 0 bridgehead atoms. The van der Waals surface area contributed by atoms with Crippen molar-refractivity contribution in [3.8, 4) is 11.5 Å². The summed E-state index contributed by atoms with van der Waals surface area (Å²) in [5, 5.41) is 3.18. The van der Waals surface area contributed by atoms with E-state index in [1.807, 2.05) is 31.2 Å². The maximum absolute atomic E-state index is 12.5. The van der Waals surface area contributed by atoms with Gasteiger partial charge in [-0.1, -0.05) is 12.1 Å². The molecule has 0 radical (unpaired) electrons. The number of nitrogens with zero attached hydrogens (tertiary/aromatic N) is 1. The summed E-state index contributed by atoms with van der Waals surface area (Å²) in [4.78, 5) is 14.3. The van der Waals surface area contributed by atoms with Crippen molar-refractivity contribution in [2.75, 3.05) is 39.4 Å². The van der Waals surface area contributed by atoms with Gasteiger partial charge in [-0.2, -0.15) is 0 Å². The number of likely N-dealkylation sites (N-methyl/N-ethyl adjacent to an activating group) is 1. The molecule has 2 aliphatic rings. The van der Waals surface area contributed by atoms with Crippen LogP contribution in [0.15, 0.2) is 24.3 Å². The fraction of sp³-hybridized carbons (Fsp3) is 0.562. The van der Waals surface area contributed by atoms with E-state index in [0.717, 1.165) is 18.0 Å². The van der Waals surface area contributed by atoms with Crippen LogP contribution >= 0.6 is 0 Å². The van der Waals surface area contributed by atoms with E-state index in [1.165, 1.54) is 0 Å². The van der Waals surface area contributed by atoms with Crippen molar-refractivity contribution >= 4 is 5.91 Å². The average Bonchev–Trinajstić information content (AvgIpc) is 2.59. The largest absolute Gasteiger partial charge is 0.486 e. The van der Waals surface area contributed by atoms with Crippen molar-refractivity contribution in [2.45, 2.75) is 19.1 Å². The van der Waals surface area contributed by atoms with Crippen LogP contribution in [-0.4, -0.2) is 62.4 Å². The van der Waals surface area contributed by atoms with Gasteiger partial charge in [-0.05, 0) is 19.1 Å². The Bertz CT molecular complexity index is 517. The van der Waals surface area contributed by atoms with E-state index in [-0.39, 0.29) is 12.0 Å². The van der Waals surface area contributed by atoms with Crippen LogP contribution in [-0.2, 0) is 9.53 Å².